The standard InChI is InChI=1S/C25H35N5O7Si/c1-4-35-38(36-5-2,37-6-3)17-7-16-26-25(34)28-20-10-14-22(15-11-20)30-29-21-12-8-19(9-13-21)27-23(31)18-24(32)33/h8-15H,4-7,16-18H2,1-3H3,(H,27,31)(H,32,33)(H2,26,28,34). The smallest absolute Gasteiger partial charge is 0.481 e. The molecule has 0 aliphatic heterocycles. The zero-order valence-electron chi connectivity index (χ0n) is 21.9. The molecule has 38 heavy (non-hydrogen) atoms. The molecule has 0 spiro atoms. The molecule has 0 radical (unpaired) electrons. The number of rotatable bonds is 16. The maximum absolute atomic E-state index is 12.3. The lowest BCUT2D eigenvalue weighted by Crippen LogP contribution is -2.46. The third-order valence-electron chi connectivity index (χ3n) is 4.91. The lowest BCUT2D eigenvalue weighted by molar-refractivity contribution is -0.139. The van der Waals surface area contributed by atoms with Gasteiger partial charge in [-0.1, -0.05) is 0 Å². The number of nitrogens with one attached hydrogen (secondary N) is 3. The first-order valence-electron chi connectivity index (χ1n) is 12.4. The summed E-state index contributed by atoms with van der Waals surface area (Å²) < 4.78 is 17.5. The van der Waals surface area contributed by atoms with E-state index in [1.54, 1.807) is 48.5 Å². The summed E-state index contributed by atoms with van der Waals surface area (Å²) in [5.41, 5.74) is 2.19. The van der Waals surface area contributed by atoms with Crippen molar-refractivity contribution in [3.05, 3.63) is 48.5 Å². The fourth-order valence-electron chi connectivity index (χ4n) is 3.36. The van der Waals surface area contributed by atoms with Crippen LogP contribution in [-0.2, 0) is 22.9 Å². The van der Waals surface area contributed by atoms with E-state index < -0.39 is 27.1 Å². The van der Waals surface area contributed by atoms with Gasteiger partial charge in [0, 0.05) is 43.8 Å². The van der Waals surface area contributed by atoms with Crippen molar-refractivity contribution in [3.8, 4) is 0 Å². The van der Waals surface area contributed by atoms with Gasteiger partial charge in [-0.25, -0.2) is 4.79 Å². The van der Waals surface area contributed by atoms with Gasteiger partial charge in [0.15, 0.2) is 0 Å². The predicted molar refractivity (Wildman–Crippen MR) is 145 cm³/mol. The van der Waals surface area contributed by atoms with Gasteiger partial charge in [0.2, 0.25) is 5.91 Å². The number of carbonyl (C=O) groups is 3. The maximum Gasteiger partial charge on any atom is 0.500 e. The van der Waals surface area contributed by atoms with Crippen molar-refractivity contribution in [2.24, 2.45) is 10.2 Å². The highest BCUT2D eigenvalue weighted by Gasteiger charge is 2.39. The molecule has 12 nitrogen and oxygen atoms in total. The summed E-state index contributed by atoms with van der Waals surface area (Å²) in [6.07, 6.45) is 0.0576. The summed E-state index contributed by atoms with van der Waals surface area (Å²) in [7, 11) is -2.72. The Bertz CT molecular complexity index is 1050. The van der Waals surface area contributed by atoms with Crippen molar-refractivity contribution < 1.29 is 32.8 Å². The van der Waals surface area contributed by atoms with Gasteiger partial charge in [-0.05, 0) is 75.7 Å². The van der Waals surface area contributed by atoms with Crippen LogP contribution in [0.3, 0.4) is 0 Å². The molecule has 2 aromatic carbocycles. The zero-order chi connectivity index (χ0) is 27.8. The van der Waals surface area contributed by atoms with Gasteiger partial charge in [0.25, 0.3) is 0 Å². The molecule has 2 rings (SSSR count). The van der Waals surface area contributed by atoms with Gasteiger partial charge in [0.1, 0.15) is 6.42 Å². The summed E-state index contributed by atoms with van der Waals surface area (Å²) in [6, 6.07) is 13.6. The van der Waals surface area contributed by atoms with Crippen molar-refractivity contribution >= 4 is 49.5 Å². The molecule has 0 fully saturated rings. The predicted octanol–water partition coefficient (Wildman–Crippen LogP) is 5.08. The van der Waals surface area contributed by atoms with Crippen molar-refractivity contribution in [2.45, 2.75) is 39.7 Å². The fraction of sp³-hybridized carbons (Fsp3) is 0.400. The van der Waals surface area contributed by atoms with Gasteiger partial charge in [0.05, 0.1) is 11.4 Å². The van der Waals surface area contributed by atoms with E-state index >= 15 is 0 Å². The largest absolute Gasteiger partial charge is 0.500 e. The summed E-state index contributed by atoms with van der Waals surface area (Å²) in [6.45, 7) is 7.71. The van der Waals surface area contributed by atoms with E-state index in [9.17, 15) is 14.4 Å². The molecule has 0 atom stereocenters. The van der Waals surface area contributed by atoms with Crippen molar-refractivity contribution in [3.63, 3.8) is 0 Å². The van der Waals surface area contributed by atoms with E-state index in [-0.39, 0.29) is 6.03 Å². The molecule has 0 unspecified atom stereocenters. The number of anilines is 2. The number of urea groups is 1. The molecule has 0 aromatic heterocycles. The van der Waals surface area contributed by atoms with Gasteiger partial charge >= 0.3 is 20.8 Å². The monoisotopic (exact) mass is 545 g/mol. The zero-order valence-corrected chi connectivity index (χ0v) is 22.9. The topological polar surface area (TPSA) is 160 Å². The van der Waals surface area contributed by atoms with E-state index in [4.69, 9.17) is 18.4 Å². The molecule has 2 aromatic rings. The number of amides is 3. The summed E-state index contributed by atoms with van der Waals surface area (Å²) in [5, 5.41) is 25.0. The van der Waals surface area contributed by atoms with Crippen LogP contribution >= 0.6 is 0 Å². The van der Waals surface area contributed by atoms with Crippen molar-refractivity contribution in [1.29, 1.82) is 0 Å². The number of carbonyl (C=O) groups excluding carboxylic acids is 2. The highest BCUT2D eigenvalue weighted by Crippen LogP contribution is 2.22. The van der Waals surface area contributed by atoms with Gasteiger partial charge < -0.3 is 34.3 Å². The maximum atomic E-state index is 12.3. The Labute approximate surface area is 223 Å². The first-order valence-corrected chi connectivity index (χ1v) is 14.3. The number of azo groups is 1. The number of nitrogens with zero attached hydrogens (tertiary/aromatic N) is 2. The highest BCUT2D eigenvalue weighted by molar-refractivity contribution is 6.60. The van der Waals surface area contributed by atoms with E-state index in [1.165, 1.54) is 0 Å². The Morgan fingerprint density at radius 2 is 1.26 bits per heavy atom. The van der Waals surface area contributed by atoms with E-state index in [0.717, 1.165) is 0 Å². The summed E-state index contributed by atoms with van der Waals surface area (Å²) >= 11 is 0. The lowest BCUT2D eigenvalue weighted by atomic mass is 10.2. The molecule has 0 heterocycles. The van der Waals surface area contributed by atoms with E-state index in [2.05, 4.69) is 26.2 Å². The van der Waals surface area contributed by atoms with Crippen LogP contribution in [0.25, 0.3) is 0 Å². The van der Waals surface area contributed by atoms with Crippen LogP contribution < -0.4 is 16.0 Å². The Kier molecular flexibility index (Phi) is 13.1. The van der Waals surface area contributed by atoms with Gasteiger partial charge in [-0.15, -0.1) is 0 Å². The van der Waals surface area contributed by atoms with Crippen molar-refractivity contribution in [1.82, 2.24) is 5.32 Å². The number of carboxylic acids is 1. The third kappa shape index (κ3) is 11.2. The Balaban J connectivity index is 1.79. The van der Waals surface area contributed by atoms with Crippen LogP contribution in [0.5, 0.6) is 0 Å². The average Bonchev–Trinajstić information content (AvgIpc) is 2.87. The molecule has 3 amide bonds. The van der Waals surface area contributed by atoms with E-state index in [1.807, 2.05) is 20.8 Å². The molecular formula is C25H35N5O7Si. The minimum Gasteiger partial charge on any atom is -0.481 e. The van der Waals surface area contributed by atoms with Gasteiger partial charge in [-0.2, -0.15) is 10.2 Å². The normalized spacial score (nSPS) is 11.3. The summed E-state index contributed by atoms with van der Waals surface area (Å²) in [4.78, 5) is 34.3. The minimum atomic E-state index is -2.72. The van der Waals surface area contributed by atoms with Gasteiger partial charge in [-0.3, -0.25) is 9.59 Å². The molecule has 0 saturated heterocycles. The first-order chi connectivity index (χ1) is 18.3. The molecular weight excluding hydrogens is 510 g/mol. The highest BCUT2D eigenvalue weighted by atomic mass is 28.4. The number of hydrogen-bond donors (Lipinski definition) is 4. The molecule has 0 saturated carbocycles. The number of hydrogen-bond acceptors (Lipinski definition) is 8. The average molecular weight is 546 g/mol. The molecule has 0 aliphatic rings. The van der Waals surface area contributed by atoms with Crippen LogP contribution in [0.15, 0.2) is 58.8 Å². The SMILES string of the molecule is CCO[Si](CCCNC(=O)Nc1ccc(N=Nc2ccc(NC(=O)CC(=O)O)cc2)cc1)(OCC)OCC. The lowest BCUT2D eigenvalue weighted by Gasteiger charge is -2.28. The molecule has 4 N–H and O–H groups in total. The molecule has 0 bridgehead atoms. The second-order valence-corrected chi connectivity index (χ2v) is 10.6. The first kappa shape index (κ1) is 30.6. The fourth-order valence-corrected chi connectivity index (χ4v) is 5.98. The van der Waals surface area contributed by atoms with E-state index in [0.29, 0.717) is 61.6 Å². The Morgan fingerprint density at radius 3 is 1.71 bits per heavy atom. The second-order valence-electron chi connectivity index (χ2n) is 7.88. The van der Waals surface area contributed by atoms with Crippen molar-refractivity contribution in [2.75, 3.05) is 37.0 Å². The molecule has 13 heteroatoms. The van der Waals surface area contributed by atoms with Crippen LogP contribution in [0, 0.1) is 0 Å². The summed E-state index contributed by atoms with van der Waals surface area (Å²) in [5.74, 6) is -1.81. The molecule has 0 aliphatic carbocycles. The number of benzene rings is 2. The number of aliphatic carboxylic acids is 1. The number of carboxylic acid groups (broad SMARTS) is 1. The third-order valence-corrected chi connectivity index (χ3v) is 8.06. The second kappa shape index (κ2) is 16.2. The Hall–Kier alpha value is -3.65. The van der Waals surface area contributed by atoms with Crippen LogP contribution in [0.1, 0.15) is 33.6 Å². The van der Waals surface area contributed by atoms with Crippen LogP contribution in [0.2, 0.25) is 6.04 Å². The quantitative estimate of drug-likeness (QED) is 0.0990. The molecule has 206 valence electrons. The van der Waals surface area contributed by atoms with Crippen LogP contribution in [0.4, 0.5) is 27.5 Å². The minimum absolute atomic E-state index is 0.327. The van der Waals surface area contributed by atoms with Crippen LogP contribution in [-0.4, -0.2) is 58.2 Å². The Morgan fingerprint density at radius 1 is 0.789 bits per heavy atom.